The minimum Gasteiger partial charge on any atom is -0.474 e. The van der Waals surface area contributed by atoms with Gasteiger partial charge in [0.15, 0.2) is 0 Å². The van der Waals surface area contributed by atoms with E-state index in [1.54, 1.807) is 12.4 Å². The molecule has 34 heavy (non-hydrogen) atoms. The number of benzene rings is 1. The molecule has 1 aliphatic carbocycles. The van der Waals surface area contributed by atoms with E-state index in [0.29, 0.717) is 28.3 Å². The van der Waals surface area contributed by atoms with Crippen LogP contribution in [0.25, 0.3) is 33.7 Å². The van der Waals surface area contributed by atoms with E-state index in [-0.39, 0.29) is 22.9 Å². The van der Waals surface area contributed by atoms with Gasteiger partial charge in [0, 0.05) is 45.9 Å². The Bertz CT molecular complexity index is 1280. The predicted molar refractivity (Wildman–Crippen MR) is 119 cm³/mol. The zero-order valence-electron chi connectivity index (χ0n) is 18.3. The summed E-state index contributed by atoms with van der Waals surface area (Å²) in [6.45, 7) is 1.97. The molecule has 0 amide bonds. The Hall–Kier alpha value is -2.91. The van der Waals surface area contributed by atoms with Crippen LogP contribution < -0.4 is 4.74 Å². The van der Waals surface area contributed by atoms with Crippen molar-refractivity contribution in [2.24, 2.45) is 0 Å². The molecule has 5 nitrogen and oxygen atoms in total. The molecular weight excluding hydrogens is 488 g/mol. The number of aromatic nitrogens is 4. The third-order valence-corrected chi connectivity index (χ3v) is 5.84. The minimum absolute atomic E-state index is 0. The van der Waals surface area contributed by atoms with Gasteiger partial charge in [-0.25, -0.2) is 9.97 Å². The number of rotatable bonds is 4. The molecule has 179 valence electrons. The quantitative estimate of drug-likeness (QED) is 0.317. The second kappa shape index (κ2) is 9.75. The summed E-state index contributed by atoms with van der Waals surface area (Å²) >= 11 is 0. The SMILES string of the molecule is Cc1cc(-c2ccc(-c3nc4ccc(C(F)(F)F)cc4[nH]3)cn2)cnc1OC1CC[CH-]CC1.[Co]. The second-order valence-electron chi connectivity index (χ2n) is 8.28. The molecule has 0 aliphatic heterocycles. The summed E-state index contributed by atoms with van der Waals surface area (Å²) in [6.07, 6.45) is 5.69. The first-order chi connectivity index (χ1) is 15.9. The van der Waals surface area contributed by atoms with Crippen molar-refractivity contribution in [1.29, 1.82) is 0 Å². The van der Waals surface area contributed by atoms with Gasteiger partial charge in [0.25, 0.3) is 0 Å². The number of hydrogen-bond acceptors (Lipinski definition) is 4. The van der Waals surface area contributed by atoms with Crippen LogP contribution >= 0.6 is 0 Å². The van der Waals surface area contributed by atoms with Gasteiger partial charge in [-0.1, -0.05) is 0 Å². The molecule has 0 atom stereocenters. The third kappa shape index (κ3) is 5.10. The molecule has 1 aliphatic rings. The number of ether oxygens (including phenoxy) is 1. The van der Waals surface area contributed by atoms with Crippen molar-refractivity contribution in [2.45, 2.75) is 44.9 Å². The summed E-state index contributed by atoms with van der Waals surface area (Å²) in [5.41, 5.74) is 3.32. The van der Waals surface area contributed by atoms with Crippen LogP contribution in [0.3, 0.4) is 0 Å². The van der Waals surface area contributed by atoms with E-state index in [0.717, 1.165) is 54.6 Å². The summed E-state index contributed by atoms with van der Waals surface area (Å²) < 4.78 is 45.0. The first-order valence-electron chi connectivity index (χ1n) is 10.9. The number of fused-ring (bicyclic) bond motifs is 1. The maximum absolute atomic E-state index is 13.0. The fourth-order valence-electron chi connectivity index (χ4n) is 4.02. The van der Waals surface area contributed by atoms with Gasteiger partial charge in [-0.15, -0.1) is 0 Å². The van der Waals surface area contributed by atoms with E-state index in [1.165, 1.54) is 6.07 Å². The van der Waals surface area contributed by atoms with Crippen molar-refractivity contribution in [1.82, 2.24) is 19.9 Å². The number of nitrogens with one attached hydrogen (secondary N) is 1. The Morgan fingerprint density at radius 3 is 2.44 bits per heavy atom. The molecule has 3 heterocycles. The van der Waals surface area contributed by atoms with Gasteiger partial charge in [-0.05, 0) is 56.2 Å². The Balaban J connectivity index is 0.00000274. The number of H-pyrrole nitrogens is 1. The summed E-state index contributed by atoms with van der Waals surface area (Å²) in [7, 11) is 0. The van der Waals surface area contributed by atoms with E-state index >= 15 is 0 Å². The van der Waals surface area contributed by atoms with Crippen molar-refractivity contribution in [2.75, 3.05) is 0 Å². The number of hydrogen-bond donors (Lipinski definition) is 1. The molecule has 0 spiro atoms. The fourth-order valence-corrected chi connectivity index (χ4v) is 4.02. The fraction of sp³-hybridized carbons (Fsp3) is 0.280. The summed E-state index contributed by atoms with van der Waals surface area (Å²) in [5, 5.41) is 0. The van der Waals surface area contributed by atoms with Crippen molar-refractivity contribution in [3.05, 3.63) is 66.3 Å². The predicted octanol–water partition coefficient (Wildman–Crippen LogP) is 6.54. The molecule has 5 rings (SSSR count). The molecule has 1 saturated carbocycles. The Labute approximate surface area is 205 Å². The average molecular weight is 510 g/mol. The Morgan fingerprint density at radius 2 is 1.76 bits per heavy atom. The molecule has 4 aromatic rings. The van der Waals surface area contributed by atoms with Crippen LogP contribution in [0, 0.1) is 13.3 Å². The smallest absolute Gasteiger partial charge is 0.416 e. The van der Waals surface area contributed by atoms with Gasteiger partial charge in [0.1, 0.15) is 5.82 Å². The number of nitrogens with zero attached hydrogens (tertiary/aromatic N) is 3. The van der Waals surface area contributed by atoms with Crippen molar-refractivity contribution < 1.29 is 34.7 Å². The van der Waals surface area contributed by atoms with Crippen LogP contribution in [0.15, 0.2) is 48.8 Å². The van der Waals surface area contributed by atoms with E-state index in [2.05, 4.69) is 26.4 Å². The number of alkyl halides is 3. The van der Waals surface area contributed by atoms with E-state index in [4.69, 9.17) is 4.74 Å². The topological polar surface area (TPSA) is 63.7 Å². The molecule has 1 radical (unpaired) electrons. The summed E-state index contributed by atoms with van der Waals surface area (Å²) in [4.78, 5) is 16.4. The molecule has 1 aromatic carbocycles. The Morgan fingerprint density at radius 1 is 1.00 bits per heavy atom. The average Bonchev–Trinajstić information content (AvgIpc) is 3.24. The molecule has 1 N–H and O–H groups in total. The summed E-state index contributed by atoms with van der Waals surface area (Å²) in [5.74, 6) is 1.12. The molecule has 3 aromatic heterocycles. The number of halogens is 3. The zero-order chi connectivity index (χ0) is 23.0. The van der Waals surface area contributed by atoms with Gasteiger partial charge in [0.05, 0.1) is 28.4 Å². The Kier molecular flexibility index (Phi) is 6.95. The van der Waals surface area contributed by atoms with E-state index in [1.807, 2.05) is 25.1 Å². The largest absolute Gasteiger partial charge is 0.474 e. The number of pyridine rings is 2. The van der Waals surface area contributed by atoms with Crippen LogP contribution in [-0.4, -0.2) is 26.0 Å². The second-order valence-corrected chi connectivity index (χ2v) is 8.28. The van der Waals surface area contributed by atoms with Gasteiger partial charge >= 0.3 is 6.18 Å². The molecule has 1 fully saturated rings. The van der Waals surface area contributed by atoms with Gasteiger partial charge in [-0.3, -0.25) is 4.98 Å². The van der Waals surface area contributed by atoms with Crippen LogP contribution in [0.5, 0.6) is 5.88 Å². The minimum atomic E-state index is -4.40. The maximum atomic E-state index is 13.0. The van der Waals surface area contributed by atoms with Crippen LogP contribution in [0.4, 0.5) is 13.2 Å². The summed E-state index contributed by atoms with van der Waals surface area (Å²) in [6, 6.07) is 9.14. The molecule has 0 bridgehead atoms. The number of imidazole rings is 1. The van der Waals surface area contributed by atoms with Crippen molar-refractivity contribution >= 4 is 11.0 Å². The third-order valence-electron chi connectivity index (χ3n) is 5.84. The van der Waals surface area contributed by atoms with E-state index < -0.39 is 11.7 Å². The van der Waals surface area contributed by atoms with Crippen molar-refractivity contribution in [3.8, 4) is 28.5 Å². The van der Waals surface area contributed by atoms with Crippen LogP contribution in [0.2, 0.25) is 0 Å². The zero-order valence-corrected chi connectivity index (χ0v) is 19.4. The number of aryl methyl sites for hydroxylation is 1. The first-order valence-corrected chi connectivity index (χ1v) is 10.9. The first kappa shape index (κ1) is 24.2. The molecular formula is C25H22CoF3N4O-. The van der Waals surface area contributed by atoms with Gasteiger partial charge in [0.2, 0.25) is 5.88 Å². The molecule has 0 unspecified atom stereocenters. The standard InChI is InChI=1S/C25H22F3N4O.Co/c1-15-11-17(14-30-24(15)33-19-5-3-2-4-6-19)20-9-7-16(13-29-20)23-31-21-10-8-18(25(26,27)28)12-22(21)32-23;/h2,7-14,19H,3-6H2,1H3,(H,31,32);/q-1;. The van der Waals surface area contributed by atoms with E-state index in [9.17, 15) is 13.2 Å². The van der Waals surface area contributed by atoms with Crippen LogP contribution in [0.1, 0.15) is 36.8 Å². The molecule has 9 heteroatoms. The van der Waals surface area contributed by atoms with Crippen LogP contribution in [-0.2, 0) is 23.0 Å². The number of aromatic amines is 1. The van der Waals surface area contributed by atoms with Crippen molar-refractivity contribution in [3.63, 3.8) is 0 Å². The maximum Gasteiger partial charge on any atom is 0.416 e. The van der Waals surface area contributed by atoms with Gasteiger partial charge < -0.3 is 16.1 Å². The molecule has 0 saturated heterocycles. The van der Waals surface area contributed by atoms with Gasteiger partial charge in [-0.2, -0.15) is 26.0 Å². The normalized spacial score (nSPS) is 14.7. The monoisotopic (exact) mass is 510 g/mol.